The monoisotopic (exact) mass is 273 g/mol. The summed E-state index contributed by atoms with van der Waals surface area (Å²) in [7, 11) is 3.28. The molecular weight excluding hydrogens is 254 g/mol. The molecule has 0 saturated carbocycles. The van der Waals surface area contributed by atoms with Gasteiger partial charge in [-0.3, -0.25) is 0 Å². The topological polar surface area (TPSA) is 53.7 Å². The largest absolute Gasteiger partial charge is 0.494 e. The summed E-state index contributed by atoms with van der Waals surface area (Å²) in [6.45, 7) is 0.718. The molecule has 0 aliphatic rings. The Bertz CT molecular complexity index is 552. The van der Waals surface area contributed by atoms with Crippen molar-refractivity contribution in [3.63, 3.8) is 0 Å². The highest BCUT2D eigenvalue weighted by Crippen LogP contribution is 2.29. The van der Waals surface area contributed by atoms with Gasteiger partial charge in [-0.1, -0.05) is 12.1 Å². The average Bonchev–Trinajstić information content (AvgIpc) is 2.48. The van der Waals surface area contributed by atoms with Crippen LogP contribution in [0.1, 0.15) is 5.56 Å². The standard InChI is InChI=1S/C16H19NO3/c1-18-10-9-12-3-5-13(6-4-12)20-14-7-8-15(17)16(11-14)19-2/h3-8,11H,9-10,17H2,1-2H3. The van der Waals surface area contributed by atoms with Crippen molar-refractivity contribution in [1.82, 2.24) is 0 Å². The molecule has 2 rings (SSSR count). The molecule has 20 heavy (non-hydrogen) atoms. The maximum Gasteiger partial charge on any atom is 0.145 e. The summed E-state index contributed by atoms with van der Waals surface area (Å²) in [6, 6.07) is 13.3. The van der Waals surface area contributed by atoms with Gasteiger partial charge in [-0.05, 0) is 36.2 Å². The third-order valence-corrected chi connectivity index (χ3v) is 2.96. The van der Waals surface area contributed by atoms with Gasteiger partial charge in [-0.25, -0.2) is 0 Å². The first-order chi connectivity index (χ1) is 9.72. The molecule has 0 heterocycles. The highest BCUT2D eigenvalue weighted by atomic mass is 16.5. The van der Waals surface area contributed by atoms with Crippen molar-refractivity contribution in [2.45, 2.75) is 6.42 Å². The van der Waals surface area contributed by atoms with Gasteiger partial charge in [0.05, 0.1) is 19.4 Å². The Morgan fingerprint density at radius 1 is 0.950 bits per heavy atom. The van der Waals surface area contributed by atoms with E-state index in [1.165, 1.54) is 5.56 Å². The lowest BCUT2D eigenvalue weighted by Crippen LogP contribution is -1.95. The van der Waals surface area contributed by atoms with Crippen molar-refractivity contribution in [3.05, 3.63) is 48.0 Å². The Labute approximate surface area is 119 Å². The van der Waals surface area contributed by atoms with E-state index in [0.29, 0.717) is 17.2 Å². The van der Waals surface area contributed by atoms with E-state index < -0.39 is 0 Å². The molecule has 0 aliphatic carbocycles. The van der Waals surface area contributed by atoms with Crippen LogP contribution < -0.4 is 15.2 Å². The van der Waals surface area contributed by atoms with Gasteiger partial charge in [0.25, 0.3) is 0 Å². The molecule has 0 radical (unpaired) electrons. The molecule has 0 bridgehead atoms. The van der Waals surface area contributed by atoms with Gasteiger partial charge in [0, 0.05) is 13.2 Å². The van der Waals surface area contributed by atoms with Crippen LogP contribution in [-0.4, -0.2) is 20.8 Å². The van der Waals surface area contributed by atoms with Crippen molar-refractivity contribution in [1.29, 1.82) is 0 Å². The molecule has 106 valence electrons. The van der Waals surface area contributed by atoms with E-state index in [1.54, 1.807) is 26.4 Å². The van der Waals surface area contributed by atoms with E-state index in [-0.39, 0.29) is 0 Å². The van der Waals surface area contributed by atoms with Gasteiger partial charge in [-0.2, -0.15) is 0 Å². The average molecular weight is 273 g/mol. The summed E-state index contributed by atoms with van der Waals surface area (Å²) in [4.78, 5) is 0. The van der Waals surface area contributed by atoms with Crippen LogP contribution in [-0.2, 0) is 11.2 Å². The lowest BCUT2D eigenvalue weighted by Gasteiger charge is -2.09. The first-order valence-electron chi connectivity index (χ1n) is 6.42. The van der Waals surface area contributed by atoms with Crippen LogP contribution in [0.4, 0.5) is 5.69 Å². The number of rotatable bonds is 6. The minimum Gasteiger partial charge on any atom is -0.494 e. The van der Waals surface area contributed by atoms with Crippen LogP contribution in [0, 0.1) is 0 Å². The van der Waals surface area contributed by atoms with Crippen LogP contribution in [0.5, 0.6) is 17.2 Å². The Morgan fingerprint density at radius 2 is 1.65 bits per heavy atom. The molecule has 0 atom stereocenters. The maximum atomic E-state index is 5.77. The molecule has 0 unspecified atom stereocenters. The fourth-order valence-corrected chi connectivity index (χ4v) is 1.84. The highest BCUT2D eigenvalue weighted by molar-refractivity contribution is 5.56. The summed E-state index contributed by atoms with van der Waals surface area (Å²) in [5.74, 6) is 2.08. The fraction of sp³-hybridized carbons (Fsp3) is 0.250. The predicted molar refractivity (Wildman–Crippen MR) is 79.5 cm³/mol. The smallest absolute Gasteiger partial charge is 0.145 e. The molecule has 4 nitrogen and oxygen atoms in total. The molecule has 0 aliphatic heterocycles. The SMILES string of the molecule is COCCc1ccc(Oc2ccc(N)c(OC)c2)cc1. The van der Waals surface area contributed by atoms with E-state index >= 15 is 0 Å². The molecule has 2 aromatic carbocycles. The van der Waals surface area contributed by atoms with Gasteiger partial charge in [-0.15, -0.1) is 0 Å². The fourth-order valence-electron chi connectivity index (χ4n) is 1.84. The molecule has 0 saturated heterocycles. The number of benzene rings is 2. The molecule has 2 N–H and O–H groups in total. The molecular formula is C16H19NO3. The molecule has 0 fully saturated rings. The number of methoxy groups -OCH3 is 2. The van der Waals surface area contributed by atoms with Crippen molar-refractivity contribution in [3.8, 4) is 17.2 Å². The van der Waals surface area contributed by atoms with E-state index in [9.17, 15) is 0 Å². The Hall–Kier alpha value is -2.20. The van der Waals surface area contributed by atoms with Crippen LogP contribution in [0.25, 0.3) is 0 Å². The van der Waals surface area contributed by atoms with E-state index in [2.05, 4.69) is 0 Å². The van der Waals surface area contributed by atoms with Crippen LogP contribution in [0.15, 0.2) is 42.5 Å². The number of anilines is 1. The van der Waals surface area contributed by atoms with Crippen LogP contribution in [0.3, 0.4) is 0 Å². The van der Waals surface area contributed by atoms with Crippen molar-refractivity contribution in [2.75, 3.05) is 26.6 Å². The summed E-state index contributed by atoms with van der Waals surface area (Å²) in [6.07, 6.45) is 0.895. The quantitative estimate of drug-likeness (QED) is 0.821. The van der Waals surface area contributed by atoms with Gasteiger partial charge in [0.1, 0.15) is 17.2 Å². The summed E-state index contributed by atoms with van der Waals surface area (Å²) in [5.41, 5.74) is 7.58. The number of hydrogen-bond donors (Lipinski definition) is 1. The third kappa shape index (κ3) is 3.65. The molecule has 0 amide bonds. The van der Waals surface area contributed by atoms with E-state index in [0.717, 1.165) is 18.8 Å². The Balaban J connectivity index is 2.06. The van der Waals surface area contributed by atoms with Crippen LogP contribution >= 0.6 is 0 Å². The lowest BCUT2D eigenvalue weighted by atomic mass is 10.1. The molecule has 2 aromatic rings. The van der Waals surface area contributed by atoms with Crippen molar-refractivity contribution in [2.24, 2.45) is 0 Å². The molecule has 0 aromatic heterocycles. The van der Waals surface area contributed by atoms with Gasteiger partial charge in [0.2, 0.25) is 0 Å². The minimum absolute atomic E-state index is 0.592. The van der Waals surface area contributed by atoms with E-state index in [4.69, 9.17) is 19.9 Å². The molecule has 4 heteroatoms. The normalized spacial score (nSPS) is 10.3. The van der Waals surface area contributed by atoms with Gasteiger partial charge in [0.15, 0.2) is 0 Å². The van der Waals surface area contributed by atoms with Crippen molar-refractivity contribution < 1.29 is 14.2 Å². The number of hydrogen-bond acceptors (Lipinski definition) is 4. The number of ether oxygens (including phenoxy) is 3. The second-order valence-electron chi connectivity index (χ2n) is 4.39. The van der Waals surface area contributed by atoms with Gasteiger partial charge >= 0.3 is 0 Å². The highest BCUT2D eigenvalue weighted by Gasteiger charge is 2.03. The first-order valence-corrected chi connectivity index (χ1v) is 6.42. The third-order valence-electron chi connectivity index (χ3n) is 2.96. The van der Waals surface area contributed by atoms with Crippen LogP contribution in [0.2, 0.25) is 0 Å². The summed E-state index contributed by atoms with van der Waals surface area (Å²) in [5, 5.41) is 0. The Morgan fingerprint density at radius 3 is 2.30 bits per heavy atom. The zero-order valence-corrected chi connectivity index (χ0v) is 11.8. The predicted octanol–water partition coefficient (Wildman–Crippen LogP) is 3.26. The number of nitrogen functional groups attached to an aromatic ring is 1. The maximum absolute atomic E-state index is 5.77. The minimum atomic E-state index is 0.592. The second-order valence-corrected chi connectivity index (χ2v) is 4.39. The molecule has 0 spiro atoms. The van der Waals surface area contributed by atoms with Crippen molar-refractivity contribution >= 4 is 5.69 Å². The van der Waals surface area contributed by atoms with Gasteiger partial charge < -0.3 is 19.9 Å². The van der Waals surface area contributed by atoms with E-state index in [1.807, 2.05) is 30.3 Å². The number of nitrogens with two attached hydrogens (primary N) is 1. The first kappa shape index (κ1) is 14.2. The summed E-state index contributed by atoms with van der Waals surface area (Å²) >= 11 is 0. The zero-order valence-electron chi connectivity index (χ0n) is 11.8. The Kier molecular flexibility index (Phi) is 4.85. The zero-order chi connectivity index (χ0) is 14.4. The second kappa shape index (κ2) is 6.82. The lowest BCUT2D eigenvalue weighted by molar-refractivity contribution is 0.202. The summed E-state index contributed by atoms with van der Waals surface area (Å²) < 4.78 is 16.0.